The van der Waals surface area contributed by atoms with E-state index in [1.165, 1.54) is 89.9 Å². The predicted molar refractivity (Wildman–Crippen MR) is 255 cm³/mol. The minimum atomic E-state index is 0.261. The number of nitrogens with zero attached hydrogens (tertiary/aromatic N) is 4. The van der Waals surface area contributed by atoms with Crippen molar-refractivity contribution in [2.75, 3.05) is 14.2 Å². The molecule has 8 nitrogen and oxygen atoms in total. The van der Waals surface area contributed by atoms with E-state index in [1.54, 1.807) is 14.2 Å². The van der Waals surface area contributed by atoms with E-state index in [0.717, 1.165) is 69.5 Å². The molecule has 0 fully saturated rings. The van der Waals surface area contributed by atoms with Crippen LogP contribution < -0.4 is 29.7 Å². The van der Waals surface area contributed by atoms with Gasteiger partial charge in [-0.25, -0.2) is 9.98 Å². The van der Waals surface area contributed by atoms with Crippen LogP contribution in [0.4, 0.5) is 11.4 Å². The maximum absolute atomic E-state index is 7.37. The summed E-state index contributed by atoms with van der Waals surface area (Å²) in [6.45, 7) is 6.30. The van der Waals surface area contributed by atoms with E-state index < -0.39 is 0 Å². The second kappa shape index (κ2) is 18.8. The fourth-order valence-corrected chi connectivity index (χ4v) is 10.2. The molecule has 62 heavy (non-hydrogen) atoms. The zero-order chi connectivity index (χ0) is 42.7. The van der Waals surface area contributed by atoms with E-state index in [1.807, 2.05) is 0 Å². The maximum Gasteiger partial charge on any atom is 0.175 e. The van der Waals surface area contributed by atoms with Gasteiger partial charge in [0.25, 0.3) is 0 Å². The molecular formula is C52H58Cl2N4O4. The molecule has 0 atom stereocenters. The van der Waals surface area contributed by atoms with Gasteiger partial charge in [-0.3, -0.25) is 0 Å². The number of hydrogen-bond donors (Lipinski definition) is 0. The number of benzene rings is 5. The largest absolute Gasteiger partial charge is 0.494 e. The summed E-state index contributed by atoms with van der Waals surface area (Å²) in [4.78, 5) is 10.4. The van der Waals surface area contributed by atoms with Gasteiger partial charge in [0.05, 0.1) is 36.0 Å². The molecular weight excluding hydrogens is 816 g/mol. The first-order valence-corrected chi connectivity index (χ1v) is 23.8. The quantitative estimate of drug-likeness (QED) is 0.0715. The molecule has 2 aliphatic rings. The molecule has 0 saturated carbocycles. The summed E-state index contributed by atoms with van der Waals surface area (Å²) in [7, 11) is 3.34. The van der Waals surface area contributed by atoms with Crippen molar-refractivity contribution >= 4 is 78.2 Å². The smallest absolute Gasteiger partial charge is 0.175 e. The van der Waals surface area contributed by atoms with E-state index >= 15 is 0 Å². The second-order valence-electron chi connectivity index (χ2n) is 17.0. The first-order valence-electron chi connectivity index (χ1n) is 23.1. The number of hydrogen-bond acceptors (Lipinski definition) is 6. The zero-order valence-corrected chi connectivity index (χ0v) is 38.2. The molecule has 10 heteroatoms. The molecule has 0 bridgehead atoms. The van der Waals surface area contributed by atoms with Crippen LogP contribution in [0.25, 0.3) is 43.6 Å². The number of unbranched alkanes of at least 4 members (excludes halogenated alkanes) is 14. The summed E-state index contributed by atoms with van der Waals surface area (Å²) in [5.74, 6) is 3.00. The molecule has 0 amide bonds. The number of ether oxygens (including phenoxy) is 4. The fourth-order valence-electron chi connectivity index (χ4n) is 9.72. The zero-order valence-electron chi connectivity index (χ0n) is 36.7. The number of fused-ring (bicyclic) bond motifs is 12. The Hall–Kier alpha value is -4.92. The highest BCUT2D eigenvalue weighted by Crippen LogP contribution is 2.54. The topological polar surface area (TPSA) is 71.5 Å². The van der Waals surface area contributed by atoms with E-state index in [4.69, 9.17) is 52.1 Å². The average molecular weight is 874 g/mol. The van der Waals surface area contributed by atoms with E-state index in [9.17, 15) is 0 Å². The van der Waals surface area contributed by atoms with Crippen LogP contribution in [0.2, 0.25) is 10.0 Å². The van der Waals surface area contributed by atoms with E-state index in [0.29, 0.717) is 56.6 Å². The number of rotatable bonds is 20. The maximum atomic E-state index is 7.37. The number of halogens is 2. The Balaban J connectivity index is 1.10. The Morgan fingerprint density at radius 1 is 0.484 bits per heavy atom. The molecule has 0 aliphatic carbocycles. The highest BCUT2D eigenvalue weighted by Gasteiger charge is 2.33. The Bertz CT molecular complexity index is 2720. The molecule has 2 aromatic heterocycles. The van der Waals surface area contributed by atoms with Crippen molar-refractivity contribution < 1.29 is 18.9 Å². The first kappa shape index (κ1) is 42.4. The molecule has 4 heterocycles. The number of aryl methyl sites for hydroxylation is 2. The number of para-hydroxylation sites is 2. The molecule has 5 aromatic carbocycles. The second-order valence-corrected chi connectivity index (χ2v) is 17.8. The molecule has 9 rings (SSSR count). The van der Waals surface area contributed by atoms with Crippen LogP contribution >= 0.6 is 23.2 Å². The van der Waals surface area contributed by atoms with Gasteiger partial charge in [0.15, 0.2) is 23.0 Å². The van der Waals surface area contributed by atoms with Gasteiger partial charge >= 0.3 is 0 Å². The lowest BCUT2D eigenvalue weighted by molar-refractivity contribution is 0.406. The molecule has 0 saturated heterocycles. The van der Waals surface area contributed by atoms with Gasteiger partial charge in [-0.15, -0.1) is 0 Å². The van der Waals surface area contributed by atoms with E-state index in [2.05, 4.69) is 83.6 Å². The highest BCUT2D eigenvalue weighted by atomic mass is 35.5. The molecule has 0 spiro atoms. The summed E-state index contributed by atoms with van der Waals surface area (Å²) in [6.07, 6.45) is 20.1. The summed E-state index contributed by atoms with van der Waals surface area (Å²) >= 11 is 14.7. The highest BCUT2D eigenvalue weighted by molar-refractivity contribution is 6.35. The van der Waals surface area contributed by atoms with Crippen LogP contribution in [0.1, 0.15) is 117 Å². The minimum absolute atomic E-state index is 0.261. The molecule has 0 unspecified atom stereocenters. The summed E-state index contributed by atoms with van der Waals surface area (Å²) < 4.78 is 30.7. The summed E-state index contributed by atoms with van der Waals surface area (Å²) in [6, 6.07) is 21.1. The van der Waals surface area contributed by atoms with Crippen molar-refractivity contribution in [3.05, 3.63) is 81.4 Å². The molecule has 324 valence electrons. The normalized spacial score (nSPS) is 12.7. The van der Waals surface area contributed by atoms with Crippen molar-refractivity contribution in [2.45, 2.75) is 130 Å². The number of aromatic nitrogens is 2. The lowest BCUT2D eigenvalue weighted by atomic mass is 10.1. The van der Waals surface area contributed by atoms with Crippen LogP contribution in [0.3, 0.4) is 0 Å². The monoisotopic (exact) mass is 872 g/mol. The first-order chi connectivity index (χ1) is 30.5. The standard InChI is InChI=1S/C52H58Cl2N4O4/c1-5-7-9-11-13-15-17-23-29-57-35-27-21-19-25-33(35)41-37(57)31-39(59-3)45-49(41)61-51-43(53)48-52(44(54)47(51)55-45)62-50-42-34-26-20-22-28-36(34)58(30-24-18-16-14-12-10-8-6-2)38(42)32-40(60-4)46(50)56-48/h19-22,25-28,31-32H,5-18,23-24,29-30H2,1-4H3. The summed E-state index contributed by atoms with van der Waals surface area (Å²) in [5.41, 5.74) is 5.45. The molecule has 2 aliphatic heterocycles. The summed E-state index contributed by atoms with van der Waals surface area (Å²) in [5, 5.41) is 5.35. The Morgan fingerprint density at radius 2 is 0.855 bits per heavy atom. The third kappa shape index (κ3) is 7.65. The molecule has 0 N–H and O–H groups in total. The van der Waals surface area contributed by atoms with Gasteiger partial charge in [-0.2, -0.15) is 0 Å². The lowest BCUT2D eigenvalue weighted by Gasteiger charge is -2.23. The van der Waals surface area contributed by atoms with Crippen LogP contribution in [0.5, 0.6) is 34.5 Å². The van der Waals surface area contributed by atoms with Crippen molar-refractivity contribution in [2.24, 2.45) is 9.98 Å². The van der Waals surface area contributed by atoms with Gasteiger partial charge in [0.1, 0.15) is 43.6 Å². The SMILES string of the molecule is CCCCCCCCCCn1c2ccccc2c2c3c(c(OC)cc21)N=c1c(Cl)c2c(c(Cl)c1O3)=Nc1c(OC)cc3c(c1O2)c1ccccc1n3CCCCCCCCCC. The van der Waals surface area contributed by atoms with Gasteiger partial charge in [-0.05, 0) is 25.0 Å². The Kier molecular flexibility index (Phi) is 12.9. The average Bonchev–Trinajstić information content (AvgIpc) is 3.80. The fraction of sp³-hybridized carbons (Fsp3) is 0.423. The van der Waals surface area contributed by atoms with Gasteiger partial charge in [0.2, 0.25) is 0 Å². The molecule has 7 aromatic rings. The van der Waals surface area contributed by atoms with Crippen molar-refractivity contribution in [1.82, 2.24) is 9.13 Å². The Morgan fingerprint density at radius 3 is 1.24 bits per heavy atom. The van der Waals surface area contributed by atoms with Crippen molar-refractivity contribution in [1.29, 1.82) is 0 Å². The minimum Gasteiger partial charge on any atom is -0.494 e. The lowest BCUT2D eigenvalue weighted by Crippen LogP contribution is -2.22. The van der Waals surface area contributed by atoms with Crippen LogP contribution in [-0.2, 0) is 13.1 Å². The van der Waals surface area contributed by atoms with Crippen LogP contribution in [0.15, 0.2) is 70.6 Å². The third-order valence-corrected chi connectivity index (χ3v) is 13.6. The van der Waals surface area contributed by atoms with Gasteiger partial charge in [0, 0.05) is 47.0 Å². The van der Waals surface area contributed by atoms with E-state index in [-0.39, 0.29) is 10.0 Å². The van der Waals surface area contributed by atoms with Crippen molar-refractivity contribution in [3.63, 3.8) is 0 Å². The number of methoxy groups -OCH3 is 2. The van der Waals surface area contributed by atoms with Gasteiger partial charge < -0.3 is 28.1 Å². The van der Waals surface area contributed by atoms with Crippen LogP contribution in [-0.4, -0.2) is 23.4 Å². The predicted octanol–water partition coefficient (Wildman–Crippen LogP) is 15.6. The molecule has 0 radical (unpaired) electrons. The van der Waals surface area contributed by atoms with Crippen molar-refractivity contribution in [3.8, 4) is 34.5 Å². The van der Waals surface area contributed by atoms with Crippen LogP contribution in [0, 0.1) is 0 Å². The Labute approximate surface area is 374 Å². The van der Waals surface area contributed by atoms with Gasteiger partial charge in [-0.1, -0.05) is 163 Å². The third-order valence-electron chi connectivity index (χ3n) is 12.9.